The molecule has 0 saturated heterocycles. The first-order valence-corrected chi connectivity index (χ1v) is 5.65. The van der Waals surface area contributed by atoms with E-state index >= 15 is 0 Å². The number of benzene rings is 1. The Morgan fingerprint density at radius 1 is 1.19 bits per heavy atom. The average molecular weight is 232 g/mol. The summed E-state index contributed by atoms with van der Waals surface area (Å²) in [5.74, 6) is -0.0457. The van der Waals surface area contributed by atoms with Crippen LogP contribution in [0.3, 0.4) is 0 Å². The molecule has 0 aliphatic heterocycles. The third-order valence-corrected chi connectivity index (χ3v) is 3.28. The third-order valence-electron chi connectivity index (χ3n) is 2.28. The van der Waals surface area contributed by atoms with Crippen LogP contribution in [0.1, 0.15) is 20.1 Å². The van der Waals surface area contributed by atoms with Crippen molar-refractivity contribution >= 4 is 28.5 Å². The van der Waals surface area contributed by atoms with Crippen LogP contribution in [0.15, 0.2) is 30.3 Å². The molecule has 16 heavy (non-hydrogen) atoms. The molecular weight excluding hydrogens is 220 g/mol. The molecule has 1 heterocycles. The minimum atomic E-state index is -0.0457. The third kappa shape index (κ3) is 1.92. The van der Waals surface area contributed by atoms with E-state index in [9.17, 15) is 4.79 Å². The second-order valence-corrected chi connectivity index (χ2v) is 4.87. The molecule has 0 atom stereocenters. The number of carbonyl (C=O) groups excluding carboxylic acids is 1. The van der Waals surface area contributed by atoms with Crippen LogP contribution in [0.5, 0.6) is 0 Å². The van der Waals surface area contributed by atoms with E-state index in [-0.39, 0.29) is 5.78 Å². The van der Waals surface area contributed by atoms with Gasteiger partial charge in [0.1, 0.15) is 0 Å². The summed E-state index contributed by atoms with van der Waals surface area (Å²) >= 11 is 1.47. The molecule has 82 valence electrons. The molecule has 4 heteroatoms. The van der Waals surface area contributed by atoms with Gasteiger partial charge in [0.2, 0.25) is 5.78 Å². The zero-order valence-corrected chi connectivity index (χ0v) is 9.67. The van der Waals surface area contributed by atoms with Crippen molar-refractivity contribution in [3.63, 3.8) is 0 Å². The van der Waals surface area contributed by atoms with E-state index in [0.29, 0.717) is 21.8 Å². The van der Waals surface area contributed by atoms with Crippen LogP contribution in [-0.4, -0.2) is 5.78 Å². The van der Waals surface area contributed by atoms with Gasteiger partial charge < -0.3 is 11.5 Å². The molecule has 4 N–H and O–H groups in total. The van der Waals surface area contributed by atoms with Gasteiger partial charge in [-0.05, 0) is 37.3 Å². The normalized spacial score (nSPS) is 10.3. The number of nitrogens with two attached hydrogens (primary N) is 2. The molecule has 0 unspecified atom stereocenters. The van der Waals surface area contributed by atoms with Crippen molar-refractivity contribution in [2.45, 2.75) is 6.92 Å². The quantitative estimate of drug-likeness (QED) is 0.617. The van der Waals surface area contributed by atoms with Gasteiger partial charge in [-0.1, -0.05) is 0 Å². The molecule has 0 aliphatic carbocycles. The Bertz CT molecular complexity index is 546. The fourth-order valence-electron chi connectivity index (χ4n) is 1.48. The topological polar surface area (TPSA) is 69.1 Å². The fraction of sp³-hybridized carbons (Fsp3) is 0.0833. The molecule has 3 nitrogen and oxygen atoms in total. The van der Waals surface area contributed by atoms with Gasteiger partial charge in [-0.3, -0.25) is 4.79 Å². The molecule has 0 spiro atoms. The standard InChI is InChI=1S/C12H12N2OS/c1-7-2-5-11(16-7)12(15)9-4-3-8(13)6-10(9)14/h2-6H,13-14H2,1H3. The van der Waals surface area contributed by atoms with Gasteiger partial charge in [0.25, 0.3) is 0 Å². The summed E-state index contributed by atoms with van der Waals surface area (Å²) in [6.45, 7) is 1.97. The Morgan fingerprint density at radius 3 is 2.50 bits per heavy atom. The molecule has 0 saturated carbocycles. The highest BCUT2D eigenvalue weighted by Crippen LogP contribution is 2.23. The lowest BCUT2D eigenvalue weighted by Crippen LogP contribution is -2.04. The van der Waals surface area contributed by atoms with Crippen LogP contribution in [0.25, 0.3) is 0 Å². The fourth-order valence-corrected chi connectivity index (χ4v) is 2.30. The lowest BCUT2D eigenvalue weighted by molar-refractivity contribution is 0.104. The van der Waals surface area contributed by atoms with Gasteiger partial charge in [-0.25, -0.2) is 0 Å². The maximum Gasteiger partial charge on any atom is 0.205 e. The Hall–Kier alpha value is -1.81. The van der Waals surface area contributed by atoms with Crippen molar-refractivity contribution in [2.24, 2.45) is 0 Å². The number of anilines is 2. The van der Waals surface area contributed by atoms with E-state index in [1.807, 2.05) is 19.1 Å². The number of carbonyl (C=O) groups is 1. The number of thiophene rings is 1. The summed E-state index contributed by atoms with van der Waals surface area (Å²) in [7, 11) is 0. The van der Waals surface area contributed by atoms with E-state index in [4.69, 9.17) is 11.5 Å². The predicted molar refractivity (Wildman–Crippen MR) is 67.8 cm³/mol. The molecule has 1 aromatic heterocycles. The molecular formula is C12H12N2OS. The maximum atomic E-state index is 12.1. The van der Waals surface area contributed by atoms with Crippen LogP contribution in [0, 0.1) is 6.92 Å². The maximum absolute atomic E-state index is 12.1. The van der Waals surface area contributed by atoms with E-state index in [1.54, 1.807) is 18.2 Å². The first-order chi connectivity index (χ1) is 7.58. The molecule has 1 aromatic carbocycles. The van der Waals surface area contributed by atoms with Crippen molar-refractivity contribution in [1.82, 2.24) is 0 Å². The van der Waals surface area contributed by atoms with E-state index in [1.165, 1.54) is 11.3 Å². The number of aryl methyl sites for hydroxylation is 1. The highest BCUT2D eigenvalue weighted by molar-refractivity contribution is 7.14. The second kappa shape index (κ2) is 3.98. The smallest absolute Gasteiger partial charge is 0.205 e. The molecule has 2 aromatic rings. The van der Waals surface area contributed by atoms with Crippen LogP contribution in [-0.2, 0) is 0 Å². The number of nitrogen functional groups attached to an aromatic ring is 2. The van der Waals surface area contributed by atoms with Crippen LogP contribution in [0.4, 0.5) is 11.4 Å². The van der Waals surface area contributed by atoms with Crippen molar-refractivity contribution in [2.75, 3.05) is 11.5 Å². The van der Waals surface area contributed by atoms with Crippen LogP contribution >= 0.6 is 11.3 Å². The van der Waals surface area contributed by atoms with Crippen molar-refractivity contribution < 1.29 is 4.79 Å². The second-order valence-electron chi connectivity index (χ2n) is 3.59. The zero-order valence-electron chi connectivity index (χ0n) is 8.86. The minimum absolute atomic E-state index is 0.0457. The molecule has 0 bridgehead atoms. The van der Waals surface area contributed by atoms with Crippen molar-refractivity contribution in [1.29, 1.82) is 0 Å². The molecule has 0 aliphatic rings. The van der Waals surface area contributed by atoms with Crippen molar-refractivity contribution in [3.05, 3.63) is 45.6 Å². The number of rotatable bonds is 2. The Kier molecular flexibility index (Phi) is 2.66. The molecule has 2 rings (SSSR count). The summed E-state index contributed by atoms with van der Waals surface area (Å²) in [6, 6.07) is 8.70. The number of ketones is 1. The largest absolute Gasteiger partial charge is 0.399 e. The minimum Gasteiger partial charge on any atom is -0.399 e. The predicted octanol–water partition coefficient (Wildman–Crippen LogP) is 2.45. The monoisotopic (exact) mass is 232 g/mol. The van der Waals surface area contributed by atoms with Gasteiger partial charge in [0.05, 0.1) is 4.88 Å². The zero-order chi connectivity index (χ0) is 11.7. The summed E-state index contributed by atoms with van der Waals surface area (Å²) < 4.78 is 0. The lowest BCUT2D eigenvalue weighted by Gasteiger charge is -2.03. The molecule has 0 amide bonds. The summed E-state index contributed by atoms with van der Waals surface area (Å²) in [4.78, 5) is 13.9. The summed E-state index contributed by atoms with van der Waals surface area (Å²) in [5.41, 5.74) is 12.9. The Labute approximate surface area is 97.7 Å². The van der Waals surface area contributed by atoms with Crippen molar-refractivity contribution in [3.8, 4) is 0 Å². The summed E-state index contributed by atoms with van der Waals surface area (Å²) in [5, 5.41) is 0. The molecule has 0 radical (unpaired) electrons. The number of hydrogen-bond donors (Lipinski definition) is 2. The first kappa shape index (κ1) is 10.7. The van der Waals surface area contributed by atoms with Crippen LogP contribution in [0.2, 0.25) is 0 Å². The van der Waals surface area contributed by atoms with E-state index < -0.39 is 0 Å². The van der Waals surface area contributed by atoms with Gasteiger partial charge >= 0.3 is 0 Å². The van der Waals surface area contributed by atoms with Gasteiger partial charge in [0, 0.05) is 21.8 Å². The Balaban J connectivity index is 2.41. The SMILES string of the molecule is Cc1ccc(C(=O)c2ccc(N)cc2N)s1. The molecule has 0 fully saturated rings. The highest BCUT2D eigenvalue weighted by Gasteiger charge is 2.13. The van der Waals surface area contributed by atoms with Gasteiger partial charge in [0.15, 0.2) is 0 Å². The van der Waals surface area contributed by atoms with Crippen LogP contribution < -0.4 is 11.5 Å². The first-order valence-electron chi connectivity index (χ1n) is 4.84. The number of hydrogen-bond acceptors (Lipinski definition) is 4. The average Bonchev–Trinajstić information content (AvgIpc) is 2.64. The van der Waals surface area contributed by atoms with Gasteiger partial charge in [-0.15, -0.1) is 11.3 Å². The summed E-state index contributed by atoms with van der Waals surface area (Å²) in [6.07, 6.45) is 0. The van der Waals surface area contributed by atoms with E-state index in [2.05, 4.69) is 0 Å². The lowest BCUT2D eigenvalue weighted by atomic mass is 10.1. The Morgan fingerprint density at radius 2 is 1.94 bits per heavy atom. The highest BCUT2D eigenvalue weighted by atomic mass is 32.1. The van der Waals surface area contributed by atoms with Gasteiger partial charge in [-0.2, -0.15) is 0 Å². The van der Waals surface area contributed by atoms with E-state index in [0.717, 1.165) is 4.88 Å².